The van der Waals surface area contributed by atoms with Gasteiger partial charge in [-0.15, -0.1) is 0 Å². The fraction of sp³-hybridized carbons (Fsp3) is 0. The SMILES string of the molecule is O=S(=O)([O-])c1ccccc1.O=S(=O)([O-])c1ccccc1.O=S(=O)([O-])c1ccccc1.[Pr+3]. The fourth-order valence-corrected chi connectivity index (χ4v) is 3.23. The van der Waals surface area contributed by atoms with Gasteiger partial charge in [-0.2, -0.15) is 0 Å². The Labute approximate surface area is 214 Å². The molecule has 0 atom stereocenters. The zero-order valence-corrected chi connectivity index (χ0v) is 21.8. The number of benzene rings is 3. The third kappa shape index (κ3) is 12.4. The number of rotatable bonds is 3. The maximum absolute atomic E-state index is 10.3. The first-order valence-corrected chi connectivity index (χ1v) is 12.1. The van der Waals surface area contributed by atoms with Crippen molar-refractivity contribution in [3.63, 3.8) is 0 Å². The van der Waals surface area contributed by atoms with Gasteiger partial charge in [0, 0.05) is 0 Å². The molecular formula is C18H15O9PrS3. The van der Waals surface area contributed by atoms with E-state index in [0.29, 0.717) is 0 Å². The summed E-state index contributed by atoms with van der Waals surface area (Å²) in [4.78, 5) is -0.556. The minimum absolute atomic E-state index is 0. The van der Waals surface area contributed by atoms with E-state index in [1.807, 2.05) is 0 Å². The molecule has 0 spiro atoms. The van der Waals surface area contributed by atoms with Crippen molar-refractivity contribution in [1.82, 2.24) is 0 Å². The van der Waals surface area contributed by atoms with Gasteiger partial charge in [0.25, 0.3) is 0 Å². The largest absolute Gasteiger partial charge is 3.00 e. The Morgan fingerprint density at radius 2 is 0.548 bits per heavy atom. The first-order chi connectivity index (χ1) is 13.8. The third-order valence-electron chi connectivity index (χ3n) is 3.10. The first kappa shape index (κ1) is 29.8. The van der Waals surface area contributed by atoms with Crippen LogP contribution in [0, 0.1) is 41.3 Å². The molecule has 0 heterocycles. The molecular weight excluding hydrogens is 597 g/mol. The Hall–Kier alpha value is -1.25. The molecule has 3 aromatic carbocycles. The molecule has 31 heavy (non-hydrogen) atoms. The van der Waals surface area contributed by atoms with Gasteiger partial charge in [-0.05, 0) is 36.4 Å². The maximum Gasteiger partial charge on any atom is 3.00 e. The average Bonchev–Trinajstić information content (AvgIpc) is 2.69. The summed E-state index contributed by atoms with van der Waals surface area (Å²) in [6.07, 6.45) is 0. The van der Waals surface area contributed by atoms with Crippen LogP contribution in [0.3, 0.4) is 0 Å². The fourth-order valence-electron chi connectivity index (χ4n) is 1.76. The van der Waals surface area contributed by atoms with E-state index in [2.05, 4.69) is 0 Å². The molecule has 9 nitrogen and oxygen atoms in total. The molecule has 13 heteroatoms. The summed E-state index contributed by atoms with van der Waals surface area (Å²) in [5.74, 6) is 0. The van der Waals surface area contributed by atoms with E-state index in [0.717, 1.165) is 0 Å². The Bertz CT molecular complexity index is 1070. The molecule has 3 aromatic rings. The van der Waals surface area contributed by atoms with E-state index < -0.39 is 30.4 Å². The van der Waals surface area contributed by atoms with Crippen molar-refractivity contribution in [2.24, 2.45) is 0 Å². The zero-order chi connectivity index (χ0) is 22.8. The van der Waals surface area contributed by atoms with E-state index >= 15 is 0 Å². The van der Waals surface area contributed by atoms with Gasteiger partial charge in [0.1, 0.15) is 30.4 Å². The predicted octanol–water partition coefficient (Wildman–Crippen LogP) is 1.77. The molecule has 0 N–H and O–H groups in total. The minimum Gasteiger partial charge on any atom is -0.744 e. The molecule has 3 rings (SSSR count). The van der Waals surface area contributed by atoms with Gasteiger partial charge in [-0.25, -0.2) is 25.3 Å². The monoisotopic (exact) mass is 612 g/mol. The molecule has 0 amide bonds. The van der Waals surface area contributed by atoms with E-state index in [1.165, 1.54) is 72.8 Å². The summed E-state index contributed by atoms with van der Waals surface area (Å²) < 4.78 is 92.5. The van der Waals surface area contributed by atoms with Gasteiger partial charge in [0.05, 0.1) is 14.7 Å². The molecule has 0 saturated carbocycles. The zero-order valence-electron chi connectivity index (χ0n) is 15.6. The molecule has 162 valence electrons. The van der Waals surface area contributed by atoms with Crippen LogP contribution in [0.15, 0.2) is 106 Å². The quantitative estimate of drug-likeness (QED) is 0.400. The Balaban J connectivity index is 0.000000429. The van der Waals surface area contributed by atoms with E-state index in [1.54, 1.807) is 18.2 Å². The van der Waals surface area contributed by atoms with Crippen molar-refractivity contribution in [2.45, 2.75) is 14.7 Å². The summed E-state index contributed by atoms with van der Waals surface area (Å²) in [5.41, 5.74) is 0. The van der Waals surface area contributed by atoms with Crippen molar-refractivity contribution in [3.05, 3.63) is 91.0 Å². The van der Waals surface area contributed by atoms with Crippen molar-refractivity contribution in [1.29, 1.82) is 0 Å². The van der Waals surface area contributed by atoms with Crippen LogP contribution in [0.2, 0.25) is 0 Å². The summed E-state index contributed by atoms with van der Waals surface area (Å²) in [5, 5.41) is 0. The Morgan fingerprint density at radius 3 is 0.645 bits per heavy atom. The first-order valence-electron chi connectivity index (χ1n) is 7.84. The maximum atomic E-state index is 10.3. The Morgan fingerprint density at radius 1 is 0.387 bits per heavy atom. The molecule has 0 unspecified atom stereocenters. The van der Waals surface area contributed by atoms with Gasteiger partial charge >= 0.3 is 41.3 Å². The van der Waals surface area contributed by atoms with Crippen LogP contribution in [-0.4, -0.2) is 38.9 Å². The predicted molar refractivity (Wildman–Crippen MR) is 103 cm³/mol. The third-order valence-corrected chi connectivity index (χ3v) is 5.64. The molecule has 0 fully saturated rings. The second-order valence-corrected chi connectivity index (χ2v) is 9.44. The summed E-state index contributed by atoms with van der Waals surface area (Å²) in [6.45, 7) is 0. The van der Waals surface area contributed by atoms with Crippen LogP contribution in [0.1, 0.15) is 0 Å². The van der Waals surface area contributed by atoms with Crippen LogP contribution in [0.25, 0.3) is 0 Å². The topological polar surface area (TPSA) is 172 Å². The summed E-state index contributed by atoms with van der Waals surface area (Å²) in [7, 11) is -12.8. The van der Waals surface area contributed by atoms with Crippen molar-refractivity contribution >= 4 is 30.4 Å². The van der Waals surface area contributed by atoms with Crippen LogP contribution in [-0.2, 0) is 30.4 Å². The smallest absolute Gasteiger partial charge is 0.744 e. The van der Waals surface area contributed by atoms with Gasteiger partial charge in [-0.1, -0.05) is 54.6 Å². The summed E-state index contributed by atoms with van der Waals surface area (Å²) in [6, 6.07) is 21.6. The Kier molecular flexibility index (Phi) is 12.8. The number of hydrogen-bond donors (Lipinski definition) is 0. The molecule has 0 bridgehead atoms. The molecule has 0 aliphatic rings. The van der Waals surface area contributed by atoms with E-state index in [-0.39, 0.29) is 56.0 Å². The molecule has 0 radical (unpaired) electrons. The van der Waals surface area contributed by atoms with Crippen molar-refractivity contribution < 1.29 is 80.2 Å². The normalized spacial score (nSPS) is 10.9. The van der Waals surface area contributed by atoms with Gasteiger partial charge in [0.15, 0.2) is 0 Å². The van der Waals surface area contributed by atoms with Crippen molar-refractivity contribution in [3.8, 4) is 0 Å². The molecule has 0 aromatic heterocycles. The molecule has 0 aliphatic heterocycles. The van der Waals surface area contributed by atoms with Crippen LogP contribution >= 0.6 is 0 Å². The minimum atomic E-state index is -4.25. The second kappa shape index (κ2) is 13.3. The standard InChI is InChI=1S/3C6H6O3S.Pr/c3*7-10(8,9)6-4-2-1-3-5-6;/h3*1-5H,(H,7,8,9);/q;;;+3/p-3. The van der Waals surface area contributed by atoms with Crippen LogP contribution in [0.4, 0.5) is 0 Å². The summed E-state index contributed by atoms with van der Waals surface area (Å²) >= 11 is 0. The average molecular weight is 612 g/mol. The second-order valence-electron chi connectivity index (χ2n) is 5.30. The number of hydrogen-bond acceptors (Lipinski definition) is 9. The van der Waals surface area contributed by atoms with Crippen LogP contribution < -0.4 is 0 Å². The molecule has 0 aliphatic carbocycles. The molecule has 0 saturated heterocycles. The van der Waals surface area contributed by atoms with E-state index in [9.17, 15) is 38.9 Å². The van der Waals surface area contributed by atoms with Crippen LogP contribution in [0.5, 0.6) is 0 Å². The van der Waals surface area contributed by atoms with Gasteiger partial charge in [0.2, 0.25) is 0 Å². The van der Waals surface area contributed by atoms with Gasteiger partial charge in [-0.3, -0.25) is 0 Å². The van der Waals surface area contributed by atoms with Crippen molar-refractivity contribution in [2.75, 3.05) is 0 Å². The van der Waals surface area contributed by atoms with E-state index in [4.69, 9.17) is 0 Å². The van der Waals surface area contributed by atoms with Gasteiger partial charge < -0.3 is 13.7 Å².